The van der Waals surface area contributed by atoms with Crippen LogP contribution in [-0.2, 0) is 7.05 Å². The van der Waals surface area contributed by atoms with Gasteiger partial charge in [-0.25, -0.2) is 4.79 Å². The average Bonchev–Trinajstić information content (AvgIpc) is 2.14. The van der Waals surface area contributed by atoms with Crippen LogP contribution in [0.1, 0.15) is 6.92 Å². The maximum absolute atomic E-state index is 11.6. The molecular weight excluding hydrogens is 180 g/mol. The molecule has 0 saturated heterocycles. The summed E-state index contributed by atoms with van der Waals surface area (Å²) in [5.41, 5.74) is -0.783. The molecule has 1 rings (SSSR count). The molecule has 74 valence electrons. The molecule has 1 aromatic heterocycles. The summed E-state index contributed by atoms with van der Waals surface area (Å²) in [6, 6.07) is 0. The van der Waals surface area contributed by atoms with E-state index >= 15 is 0 Å². The molecule has 0 radical (unpaired) electrons. The molecule has 0 saturated carbocycles. The first kappa shape index (κ1) is 10.2. The quantitative estimate of drug-likeness (QED) is 0.610. The second-order valence-electron chi connectivity index (χ2n) is 2.88. The third-order valence-electron chi connectivity index (χ3n) is 1.88. The van der Waals surface area contributed by atoms with E-state index in [1.807, 2.05) is 6.92 Å². The van der Waals surface area contributed by atoms with Crippen molar-refractivity contribution >= 4 is 12.7 Å². The van der Waals surface area contributed by atoms with E-state index in [1.165, 1.54) is 7.05 Å². The van der Waals surface area contributed by atoms with Gasteiger partial charge < -0.3 is 4.98 Å². The minimum absolute atomic E-state index is 0.336. The van der Waals surface area contributed by atoms with E-state index < -0.39 is 5.69 Å². The maximum atomic E-state index is 11.6. The molecule has 0 aliphatic heterocycles. The van der Waals surface area contributed by atoms with Gasteiger partial charge in [0.1, 0.15) is 0 Å². The fourth-order valence-corrected chi connectivity index (χ4v) is 1.05. The van der Waals surface area contributed by atoms with Gasteiger partial charge in [0, 0.05) is 12.4 Å². The van der Waals surface area contributed by atoms with Gasteiger partial charge in [0.2, 0.25) is 0 Å². The summed E-state index contributed by atoms with van der Waals surface area (Å²) in [5, 5.41) is 0.751. The fraction of sp³-hybridized carbons (Fsp3) is 0.200. The van der Waals surface area contributed by atoms with Gasteiger partial charge >= 0.3 is 5.69 Å². The van der Waals surface area contributed by atoms with Crippen molar-refractivity contribution in [3.05, 3.63) is 43.6 Å². The van der Waals surface area contributed by atoms with Crippen molar-refractivity contribution < 1.29 is 0 Å². The molecule has 0 aliphatic carbocycles. The van der Waals surface area contributed by atoms with E-state index in [2.05, 4.69) is 11.6 Å². The van der Waals surface area contributed by atoms with Crippen LogP contribution in [0.5, 0.6) is 0 Å². The van der Waals surface area contributed by atoms with E-state index in [4.69, 9.17) is 0 Å². The van der Waals surface area contributed by atoms with Crippen LogP contribution in [0.4, 0.5) is 0 Å². The normalized spacial score (nSPS) is 12.6. The second-order valence-corrected chi connectivity index (χ2v) is 2.88. The molecule has 4 nitrogen and oxygen atoms in total. The van der Waals surface area contributed by atoms with Gasteiger partial charge in [0.05, 0.1) is 5.22 Å². The lowest BCUT2D eigenvalue weighted by atomic mass is 10.3. The Morgan fingerprint density at radius 3 is 2.64 bits per heavy atom. The standard InChI is InChI=1S/C10H12N2O2/c1-4-5-6-8-7(2)11-10(14)12(3)9(8)13/h4-6H,2H2,1,3H3,(H,11,14)/b5-4-,8-6+. The number of nitrogens with one attached hydrogen (secondary N) is 1. The number of hydrogen-bond donors (Lipinski definition) is 1. The summed E-state index contributed by atoms with van der Waals surface area (Å²) >= 11 is 0. The smallest absolute Gasteiger partial charge is 0.307 e. The molecule has 0 bridgehead atoms. The number of allylic oxidation sites excluding steroid dienone is 2. The van der Waals surface area contributed by atoms with Crippen molar-refractivity contribution in [3.63, 3.8) is 0 Å². The lowest BCUT2D eigenvalue weighted by molar-refractivity contribution is 0.757. The molecule has 4 heteroatoms. The molecule has 1 N–H and O–H groups in total. The molecule has 0 aromatic carbocycles. The molecule has 0 atom stereocenters. The first-order chi connectivity index (χ1) is 6.57. The van der Waals surface area contributed by atoms with Crippen molar-refractivity contribution in [2.75, 3.05) is 0 Å². The highest BCUT2D eigenvalue weighted by Gasteiger charge is 1.96. The zero-order valence-corrected chi connectivity index (χ0v) is 8.20. The van der Waals surface area contributed by atoms with E-state index in [-0.39, 0.29) is 5.56 Å². The van der Waals surface area contributed by atoms with Crippen LogP contribution in [0.2, 0.25) is 0 Å². The van der Waals surface area contributed by atoms with Gasteiger partial charge in [0.15, 0.2) is 0 Å². The van der Waals surface area contributed by atoms with Crippen LogP contribution in [0.3, 0.4) is 0 Å². The van der Waals surface area contributed by atoms with Crippen molar-refractivity contribution in [3.8, 4) is 0 Å². The topological polar surface area (TPSA) is 54.9 Å². The van der Waals surface area contributed by atoms with Crippen LogP contribution in [-0.4, -0.2) is 9.55 Å². The Kier molecular flexibility index (Phi) is 2.86. The first-order valence-corrected chi connectivity index (χ1v) is 4.19. The lowest BCUT2D eigenvalue weighted by Gasteiger charge is -1.94. The van der Waals surface area contributed by atoms with Crippen molar-refractivity contribution in [1.82, 2.24) is 9.55 Å². The lowest BCUT2D eigenvalue weighted by Crippen LogP contribution is -2.52. The molecule has 0 fully saturated rings. The second kappa shape index (κ2) is 3.91. The van der Waals surface area contributed by atoms with E-state index in [9.17, 15) is 9.59 Å². The number of hydrogen-bond acceptors (Lipinski definition) is 2. The van der Waals surface area contributed by atoms with Crippen LogP contribution in [0, 0.1) is 0 Å². The van der Waals surface area contributed by atoms with Crippen LogP contribution >= 0.6 is 0 Å². The summed E-state index contributed by atoms with van der Waals surface area (Å²) in [5.74, 6) is 0. The Bertz CT molecular complexity index is 576. The maximum Gasteiger partial charge on any atom is 0.328 e. The number of H-pyrrole nitrogens is 1. The van der Waals surface area contributed by atoms with E-state index in [1.54, 1.807) is 18.2 Å². The third kappa shape index (κ3) is 1.74. The predicted octanol–water partition coefficient (Wildman–Crippen LogP) is -1.16. The molecule has 1 heterocycles. The SMILES string of the molecule is C=c1[nH]c(=O)n(C)c(=O)/c1=C/C=C\C. The van der Waals surface area contributed by atoms with Crippen LogP contribution in [0.25, 0.3) is 12.7 Å². The molecule has 0 aliphatic rings. The summed E-state index contributed by atoms with van der Waals surface area (Å²) in [6.45, 7) is 5.44. The number of rotatable bonds is 1. The average molecular weight is 192 g/mol. The van der Waals surface area contributed by atoms with Crippen LogP contribution < -0.4 is 21.8 Å². The minimum Gasteiger partial charge on any atom is -0.307 e. The largest absolute Gasteiger partial charge is 0.328 e. The summed E-state index contributed by atoms with van der Waals surface area (Å²) < 4.78 is 1.02. The first-order valence-electron chi connectivity index (χ1n) is 4.19. The highest BCUT2D eigenvalue weighted by atomic mass is 16.2. The Balaban J connectivity index is 3.80. The van der Waals surface area contributed by atoms with Crippen LogP contribution in [0.15, 0.2) is 21.7 Å². The molecule has 0 spiro atoms. The molecule has 1 aromatic rings. The third-order valence-corrected chi connectivity index (χ3v) is 1.88. The molecule has 14 heavy (non-hydrogen) atoms. The molecular formula is C10H12N2O2. The number of nitrogens with zero attached hydrogens (tertiary/aromatic N) is 1. The van der Waals surface area contributed by atoms with Crippen molar-refractivity contribution in [2.45, 2.75) is 6.92 Å². The van der Waals surface area contributed by atoms with Gasteiger partial charge in [-0.1, -0.05) is 18.7 Å². The van der Waals surface area contributed by atoms with Crippen molar-refractivity contribution in [1.29, 1.82) is 0 Å². The monoisotopic (exact) mass is 192 g/mol. The van der Waals surface area contributed by atoms with Gasteiger partial charge in [0.25, 0.3) is 5.56 Å². The summed E-state index contributed by atoms with van der Waals surface area (Å²) in [7, 11) is 1.42. The molecule has 0 amide bonds. The van der Waals surface area contributed by atoms with E-state index in [0.717, 1.165) is 4.57 Å². The van der Waals surface area contributed by atoms with Gasteiger partial charge in [-0.2, -0.15) is 0 Å². The van der Waals surface area contributed by atoms with Gasteiger partial charge in [-0.05, 0) is 13.0 Å². The highest BCUT2D eigenvalue weighted by Crippen LogP contribution is 1.67. The minimum atomic E-state index is -0.447. The Morgan fingerprint density at radius 1 is 1.43 bits per heavy atom. The zero-order chi connectivity index (χ0) is 10.7. The Morgan fingerprint density at radius 2 is 2.07 bits per heavy atom. The fourth-order valence-electron chi connectivity index (χ4n) is 1.05. The highest BCUT2D eigenvalue weighted by molar-refractivity contribution is 5.35. The molecule has 0 unspecified atom stereocenters. The summed E-state index contributed by atoms with van der Waals surface area (Å²) in [4.78, 5) is 25.2. The number of aromatic amines is 1. The number of aromatic nitrogens is 2. The van der Waals surface area contributed by atoms with E-state index in [0.29, 0.717) is 10.6 Å². The Hall–Kier alpha value is -1.84. The van der Waals surface area contributed by atoms with Gasteiger partial charge in [-0.15, -0.1) is 0 Å². The predicted molar refractivity (Wildman–Crippen MR) is 56.4 cm³/mol. The Labute approximate surface area is 80.5 Å². The van der Waals surface area contributed by atoms with Crippen molar-refractivity contribution in [2.24, 2.45) is 7.05 Å². The van der Waals surface area contributed by atoms with Gasteiger partial charge in [-0.3, -0.25) is 9.36 Å². The summed E-state index contributed by atoms with van der Waals surface area (Å²) in [6.07, 6.45) is 5.15. The zero-order valence-electron chi connectivity index (χ0n) is 8.20.